The number of oxime groups is 1. The van der Waals surface area contributed by atoms with Crippen LogP contribution in [0.4, 0.5) is 5.13 Å². The minimum Gasteiger partial charge on any atom is -0.479 e. The number of thiocarbonyl (C=S) groups is 1. The average molecular weight is 244 g/mol. The van der Waals surface area contributed by atoms with Gasteiger partial charge in [0.25, 0.3) is 0 Å². The molecule has 0 aromatic carbocycles. The monoisotopic (exact) mass is 244 g/mol. The van der Waals surface area contributed by atoms with Gasteiger partial charge in [0.1, 0.15) is 11.4 Å². The number of nitrogens with zero attached hydrogens (tertiary/aromatic N) is 2. The summed E-state index contributed by atoms with van der Waals surface area (Å²) in [5.41, 5.74) is 5.97. The first kappa shape index (κ1) is 11.5. The Morgan fingerprint density at radius 2 is 2.60 bits per heavy atom. The van der Waals surface area contributed by atoms with Gasteiger partial charge >= 0.3 is 5.97 Å². The van der Waals surface area contributed by atoms with E-state index in [1.807, 2.05) is 0 Å². The molecule has 1 aromatic rings. The van der Waals surface area contributed by atoms with Crippen LogP contribution in [0, 0.1) is 0 Å². The normalized spacial score (nSPS) is 11.1. The first-order valence-corrected chi connectivity index (χ1v) is 4.93. The van der Waals surface area contributed by atoms with E-state index >= 15 is 0 Å². The summed E-state index contributed by atoms with van der Waals surface area (Å²) in [5, 5.41) is 16.1. The van der Waals surface area contributed by atoms with Crippen LogP contribution >= 0.6 is 23.6 Å². The fraction of sp³-hybridized carbons (Fsp3) is 0.143. The van der Waals surface area contributed by atoms with Gasteiger partial charge in [-0.3, -0.25) is 0 Å². The highest BCUT2D eigenvalue weighted by Gasteiger charge is 2.06. The summed E-state index contributed by atoms with van der Waals surface area (Å²) in [6.07, 6.45) is 0. The highest BCUT2D eigenvalue weighted by Crippen LogP contribution is 2.11. The minimum absolute atomic E-state index is 0.152. The van der Waals surface area contributed by atoms with E-state index in [0.717, 1.165) is 0 Å². The van der Waals surface area contributed by atoms with Crippen molar-refractivity contribution in [1.82, 2.24) is 4.98 Å². The number of aromatic nitrogens is 1. The summed E-state index contributed by atoms with van der Waals surface area (Å²) in [6.45, 7) is -0.542. The summed E-state index contributed by atoms with van der Waals surface area (Å²) in [4.78, 5) is 18.5. The molecule has 1 radical (unpaired) electrons. The molecule has 0 amide bonds. The lowest BCUT2D eigenvalue weighted by Gasteiger charge is -1.95. The number of hydrogen-bond acceptors (Lipinski definition) is 7. The molecule has 3 N–H and O–H groups in total. The summed E-state index contributed by atoms with van der Waals surface area (Å²) in [7, 11) is 0. The van der Waals surface area contributed by atoms with Crippen LogP contribution in [0.25, 0.3) is 0 Å². The number of rotatable bonds is 5. The molecule has 1 heterocycles. The maximum atomic E-state index is 10.1. The van der Waals surface area contributed by atoms with Crippen LogP contribution in [0.15, 0.2) is 10.5 Å². The summed E-state index contributed by atoms with van der Waals surface area (Å²) >= 11 is 5.77. The van der Waals surface area contributed by atoms with Gasteiger partial charge in [0.2, 0.25) is 6.61 Å². The Hall–Kier alpha value is -1.54. The van der Waals surface area contributed by atoms with Gasteiger partial charge in [0.05, 0.1) is 5.37 Å². The number of anilines is 1. The molecule has 0 aliphatic carbocycles. The van der Waals surface area contributed by atoms with Crippen molar-refractivity contribution in [1.29, 1.82) is 0 Å². The standard InChI is InChI=1S/C7H6N3O3S2/c8-7-9-5(3-15-7)4(2-14)10-13-1-6(11)12/h3H,1H2,(H2,8,9)(H,11,12). The number of thiazole rings is 1. The zero-order valence-corrected chi connectivity index (χ0v) is 8.97. The zero-order chi connectivity index (χ0) is 11.3. The number of carboxylic acids is 1. The van der Waals surface area contributed by atoms with Crippen LogP contribution < -0.4 is 5.73 Å². The number of carbonyl (C=O) groups is 1. The maximum Gasteiger partial charge on any atom is 0.344 e. The predicted molar refractivity (Wildman–Crippen MR) is 59.2 cm³/mol. The quantitative estimate of drug-likeness (QED) is 0.442. The van der Waals surface area contributed by atoms with Gasteiger partial charge in [-0.1, -0.05) is 17.4 Å². The topological polar surface area (TPSA) is 97.8 Å². The van der Waals surface area contributed by atoms with E-state index < -0.39 is 12.6 Å². The van der Waals surface area contributed by atoms with Crippen molar-refractivity contribution in [3.8, 4) is 0 Å². The van der Waals surface area contributed by atoms with Crippen LogP contribution in [0.3, 0.4) is 0 Å². The van der Waals surface area contributed by atoms with Crippen LogP contribution in [0.1, 0.15) is 5.69 Å². The van der Waals surface area contributed by atoms with Crippen LogP contribution in [-0.2, 0) is 9.63 Å². The molecule has 79 valence electrons. The largest absolute Gasteiger partial charge is 0.479 e. The Labute approximate surface area is 94.4 Å². The Morgan fingerprint density at radius 1 is 1.87 bits per heavy atom. The van der Waals surface area contributed by atoms with E-state index in [1.54, 1.807) is 5.38 Å². The van der Waals surface area contributed by atoms with E-state index in [2.05, 4.69) is 32.6 Å². The number of nitrogen functional groups attached to an aromatic ring is 1. The molecular weight excluding hydrogens is 238 g/mol. The number of hydrogen-bond donors (Lipinski definition) is 2. The minimum atomic E-state index is -1.12. The molecule has 0 unspecified atom stereocenters. The maximum absolute atomic E-state index is 10.1. The van der Waals surface area contributed by atoms with Crippen LogP contribution in [0.2, 0.25) is 0 Å². The molecular formula is C7H6N3O3S2. The first-order chi connectivity index (χ1) is 7.13. The smallest absolute Gasteiger partial charge is 0.344 e. The molecule has 0 bridgehead atoms. The molecule has 15 heavy (non-hydrogen) atoms. The molecule has 0 fully saturated rings. The van der Waals surface area contributed by atoms with Gasteiger partial charge in [0, 0.05) is 5.38 Å². The van der Waals surface area contributed by atoms with E-state index in [0.29, 0.717) is 10.8 Å². The second kappa shape index (κ2) is 5.37. The van der Waals surface area contributed by atoms with Crippen molar-refractivity contribution in [3.63, 3.8) is 0 Å². The third-order valence-electron chi connectivity index (χ3n) is 1.21. The molecule has 1 aromatic heterocycles. The van der Waals surface area contributed by atoms with Crippen molar-refractivity contribution in [2.45, 2.75) is 0 Å². The van der Waals surface area contributed by atoms with Gasteiger partial charge in [0.15, 0.2) is 5.13 Å². The fourth-order valence-electron chi connectivity index (χ4n) is 0.666. The second-order valence-corrected chi connectivity index (χ2v) is 3.37. The predicted octanol–water partition coefficient (Wildman–Crippen LogP) is 0.407. The van der Waals surface area contributed by atoms with E-state index in [-0.39, 0.29) is 5.71 Å². The second-order valence-electron chi connectivity index (χ2n) is 2.28. The third kappa shape index (κ3) is 3.60. The number of nitrogens with two attached hydrogens (primary N) is 1. The van der Waals surface area contributed by atoms with Gasteiger partial charge in [-0.25, -0.2) is 9.78 Å². The van der Waals surface area contributed by atoms with E-state index in [9.17, 15) is 4.79 Å². The fourth-order valence-corrected chi connectivity index (χ4v) is 1.36. The molecule has 0 saturated heterocycles. The Balaban J connectivity index is 2.71. The lowest BCUT2D eigenvalue weighted by Crippen LogP contribution is -2.08. The van der Waals surface area contributed by atoms with Crippen molar-refractivity contribution in [2.24, 2.45) is 5.16 Å². The molecule has 0 saturated carbocycles. The number of carboxylic acid groups (broad SMARTS) is 1. The van der Waals surface area contributed by atoms with Gasteiger partial charge in [-0.05, 0) is 0 Å². The summed E-state index contributed by atoms with van der Waals surface area (Å²) in [6, 6.07) is 0. The Morgan fingerprint density at radius 3 is 3.07 bits per heavy atom. The highest BCUT2D eigenvalue weighted by molar-refractivity contribution is 7.80. The van der Waals surface area contributed by atoms with Crippen molar-refractivity contribution in [2.75, 3.05) is 12.3 Å². The lowest BCUT2D eigenvalue weighted by atomic mass is 10.3. The molecule has 8 heteroatoms. The lowest BCUT2D eigenvalue weighted by molar-refractivity contribution is -0.142. The zero-order valence-electron chi connectivity index (χ0n) is 7.34. The SMILES string of the molecule is Nc1nc(C([C]=S)=NOCC(=O)O)cs1. The highest BCUT2D eigenvalue weighted by atomic mass is 32.1. The van der Waals surface area contributed by atoms with Crippen LogP contribution in [0.5, 0.6) is 0 Å². The first-order valence-electron chi connectivity index (χ1n) is 3.64. The van der Waals surface area contributed by atoms with Crippen molar-refractivity contribution < 1.29 is 14.7 Å². The molecule has 6 nitrogen and oxygen atoms in total. The van der Waals surface area contributed by atoms with Gasteiger partial charge < -0.3 is 15.7 Å². The van der Waals surface area contributed by atoms with Crippen molar-refractivity contribution in [3.05, 3.63) is 11.1 Å². The van der Waals surface area contributed by atoms with E-state index in [4.69, 9.17) is 10.8 Å². The third-order valence-corrected chi connectivity index (χ3v) is 2.07. The molecule has 0 spiro atoms. The average Bonchev–Trinajstić information content (AvgIpc) is 2.59. The summed E-state index contributed by atoms with van der Waals surface area (Å²) < 4.78 is 0. The molecule has 0 atom stereocenters. The molecule has 0 aliphatic rings. The Kier molecular flexibility index (Phi) is 4.13. The summed E-state index contributed by atoms with van der Waals surface area (Å²) in [5.74, 6) is -1.12. The number of aliphatic carboxylic acids is 1. The Bertz CT molecular complexity index is 402. The molecule has 1 rings (SSSR count). The van der Waals surface area contributed by atoms with Gasteiger partial charge in [-0.15, -0.1) is 11.3 Å². The van der Waals surface area contributed by atoms with Gasteiger partial charge in [-0.2, -0.15) is 0 Å². The van der Waals surface area contributed by atoms with Crippen LogP contribution in [-0.4, -0.2) is 33.7 Å². The molecule has 0 aliphatic heterocycles. The van der Waals surface area contributed by atoms with Crippen molar-refractivity contribution >= 4 is 45.7 Å². The van der Waals surface area contributed by atoms with E-state index in [1.165, 1.54) is 11.3 Å².